The number of benzene rings is 3. The molecule has 0 saturated heterocycles. The van der Waals surface area contributed by atoms with Gasteiger partial charge in [0.1, 0.15) is 12.4 Å². The fraction of sp³-hybridized carbons (Fsp3) is 0.0435. The summed E-state index contributed by atoms with van der Waals surface area (Å²) in [6.45, 7) is 0.417. The standard InChI is InChI=1S/C23H18ClN3OS/c24-21-12-5-4-10-19(21)15-28-20-11-6-7-17(13-20)14-25-27-23-26-22(16-29-23)18-8-2-1-3-9-18/h1-14,16H,15H2,(H,26,27)/b25-14-. The Balaban J connectivity index is 1.36. The molecule has 0 spiro atoms. The molecule has 0 aliphatic carbocycles. The van der Waals surface area contributed by atoms with Crippen LogP contribution >= 0.6 is 22.9 Å². The average molecular weight is 420 g/mol. The van der Waals surface area contributed by atoms with Gasteiger partial charge in [0.2, 0.25) is 5.13 Å². The SMILES string of the molecule is Clc1ccccc1COc1cccc(/C=N\Nc2nc(-c3ccccc3)cs2)c1. The summed E-state index contributed by atoms with van der Waals surface area (Å²) < 4.78 is 5.85. The van der Waals surface area contributed by atoms with E-state index in [1.165, 1.54) is 11.3 Å². The number of anilines is 1. The van der Waals surface area contributed by atoms with Crippen LogP contribution in [0.4, 0.5) is 5.13 Å². The Morgan fingerprint density at radius 3 is 2.69 bits per heavy atom. The number of rotatable bonds is 7. The lowest BCUT2D eigenvalue weighted by Gasteiger charge is -2.08. The van der Waals surface area contributed by atoms with Gasteiger partial charge in [0.15, 0.2) is 0 Å². The first-order valence-corrected chi connectivity index (χ1v) is 10.3. The van der Waals surface area contributed by atoms with Crippen LogP contribution in [-0.4, -0.2) is 11.2 Å². The zero-order valence-corrected chi connectivity index (χ0v) is 17.0. The van der Waals surface area contributed by atoms with Crippen LogP contribution in [0, 0.1) is 0 Å². The molecule has 4 aromatic rings. The number of thiazole rings is 1. The van der Waals surface area contributed by atoms with Crippen LogP contribution in [0.3, 0.4) is 0 Å². The van der Waals surface area contributed by atoms with Gasteiger partial charge in [-0.1, -0.05) is 72.3 Å². The molecule has 1 N–H and O–H groups in total. The van der Waals surface area contributed by atoms with Gasteiger partial charge in [0, 0.05) is 21.5 Å². The first-order valence-electron chi connectivity index (χ1n) is 9.04. The van der Waals surface area contributed by atoms with Crippen LogP contribution in [0.5, 0.6) is 5.75 Å². The molecule has 1 aromatic heterocycles. The molecular formula is C23H18ClN3OS. The van der Waals surface area contributed by atoms with Gasteiger partial charge in [-0.05, 0) is 23.8 Å². The van der Waals surface area contributed by atoms with Crippen LogP contribution in [0.2, 0.25) is 5.02 Å². The van der Waals surface area contributed by atoms with E-state index in [0.717, 1.165) is 33.3 Å². The molecule has 3 aromatic carbocycles. The molecule has 0 bridgehead atoms. The molecule has 0 saturated carbocycles. The van der Waals surface area contributed by atoms with Crippen molar-refractivity contribution in [3.05, 3.63) is 100 Å². The molecule has 0 atom stereocenters. The van der Waals surface area contributed by atoms with E-state index in [0.29, 0.717) is 11.6 Å². The number of hydrazone groups is 1. The molecule has 144 valence electrons. The van der Waals surface area contributed by atoms with E-state index in [9.17, 15) is 0 Å². The zero-order valence-electron chi connectivity index (χ0n) is 15.5. The highest BCUT2D eigenvalue weighted by atomic mass is 35.5. The Morgan fingerprint density at radius 1 is 1.00 bits per heavy atom. The molecule has 1 heterocycles. The summed E-state index contributed by atoms with van der Waals surface area (Å²) in [6.07, 6.45) is 1.74. The topological polar surface area (TPSA) is 46.5 Å². The molecular weight excluding hydrogens is 402 g/mol. The molecule has 4 rings (SSSR count). The van der Waals surface area contributed by atoms with Crippen molar-refractivity contribution in [2.24, 2.45) is 5.10 Å². The van der Waals surface area contributed by atoms with Crippen LogP contribution in [-0.2, 0) is 6.61 Å². The molecule has 29 heavy (non-hydrogen) atoms. The molecule has 6 heteroatoms. The van der Waals surface area contributed by atoms with Crippen molar-refractivity contribution in [1.29, 1.82) is 0 Å². The van der Waals surface area contributed by atoms with E-state index in [1.807, 2.05) is 84.2 Å². The lowest BCUT2D eigenvalue weighted by atomic mass is 10.2. The first-order chi connectivity index (χ1) is 14.3. The van der Waals surface area contributed by atoms with Gasteiger partial charge in [0.05, 0.1) is 11.9 Å². The number of hydrogen-bond acceptors (Lipinski definition) is 5. The van der Waals surface area contributed by atoms with Crippen molar-refractivity contribution < 1.29 is 4.74 Å². The van der Waals surface area contributed by atoms with Crippen molar-refractivity contribution in [2.75, 3.05) is 5.43 Å². The quantitative estimate of drug-likeness (QED) is 0.275. The summed E-state index contributed by atoms with van der Waals surface area (Å²) in [7, 11) is 0. The third-order valence-corrected chi connectivity index (χ3v) is 5.27. The number of halogens is 1. The second kappa shape index (κ2) is 9.37. The van der Waals surface area contributed by atoms with E-state index in [4.69, 9.17) is 16.3 Å². The largest absolute Gasteiger partial charge is 0.489 e. The van der Waals surface area contributed by atoms with Gasteiger partial charge in [0.25, 0.3) is 0 Å². The van der Waals surface area contributed by atoms with E-state index < -0.39 is 0 Å². The van der Waals surface area contributed by atoms with Crippen molar-refractivity contribution in [3.8, 4) is 17.0 Å². The minimum Gasteiger partial charge on any atom is -0.489 e. The molecule has 0 fully saturated rings. The summed E-state index contributed by atoms with van der Waals surface area (Å²) in [6, 6.07) is 25.5. The number of aromatic nitrogens is 1. The molecule has 0 aliphatic heterocycles. The third kappa shape index (κ3) is 5.22. The van der Waals surface area contributed by atoms with Crippen LogP contribution in [0.1, 0.15) is 11.1 Å². The Morgan fingerprint density at radius 2 is 1.83 bits per heavy atom. The Hall–Kier alpha value is -3.15. The van der Waals surface area contributed by atoms with Gasteiger partial charge in [-0.25, -0.2) is 4.98 Å². The maximum atomic E-state index is 6.17. The van der Waals surface area contributed by atoms with E-state index >= 15 is 0 Å². The number of hydrogen-bond donors (Lipinski definition) is 1. The Kier molecular flexibility index (Phi) is 6.19. The van der Waals surface area contributed by atoms with Crippen molar-refractivity contribution in [3.63, 3.8) is 0 Å². The molecule has 0 amide bonds. The predicted octanol–water partition coefficient (Wildman–Crippen LogP) is 6.49. The lowest BCUT2D eigenvalue weighted by molar-refractivity contribution is 0.306. The summed E-state index contributed by atoms with van der Waals surface area (Å²) in [5.41, 5.74) is 6.88. The second-order valence-electron chi connectivity index (χ2n) is 6.23. The van der Waals surface area contributed by atoms with Gasteiger partial charge in [-0.2, -0.15) is 5.10 Å². The Labute approximate surface area is 178 Å². The van der Waals surface area contributed by atoms with Gasteiger partial charge < -0.3 is 4.74 Å². The normalized spacial score (nSPS) is 10.9. The average Bonchev–Trinajstić information content (AvgIpc) is 3.23. The highest BCUT2D eigenvalue weighted by Crippen LogP contribution is 2.24. The van der Waals surface area contributed by atoms with Gasteiger partial charge in [-0.15, -0.1) is 11.3 Å². The Bertz CT molecular complexity index is 1110. The summed E-state index contributed by atoms with van der Waals surface area (Å²) in [5, 5.41) is 7.74. The maximum Gasteiger partial charge on any atom is 0.203 e. The maximum absolute atomic E-state index is 6.17. The summed E-state index contributed by atoms with van der Waals surface area (Å²) in [4.78, 5) is 4.56. The van der Waals surface area contributed by atoms with E-state index in [2.05, 4.69) is 15.5 Å². The number of nitrogens with zero attached hydrogens (tertiary/aromatic N) is 2. The van der Waals surface area contributed by atoms with E-state index in [1.54, 1.807) is 6.21 Å². The van der Waals surface area contributed by atoms with Crippen LogP contribution in [0.25, 0.3) is 11.3 Å². The monoisotopic (exact) mass is 419 g/mol. The summed E-state index contributed by atoms with van der Waals surface area (Å²) in [5.74, 6) is 0.759. The first kappa shape index (κ1) is 19.2. The fourth-order valence-electron chi connectivity index (χ4n) is 2.69. The minimum atomic E-state index is 0.417. The van der Waals surface area contributed by atoms with Gasteiger partial charge >= 0.3 is 0 Å². The lowest BCUT2D eigenvalue weighted by Crippen LogP contribution is -1.97. The minimum absolute atomic E-state index is 0.417. The smallest absolute Gasteiger partial charge is 0.203 e. The molecule has 4 nitrogen and oxygen atoms in total. The number of ether oxygens (including phenoxy) is 1. The van der Waals surface area contributed by atoms with Crippen molar-refractivity contribution in [2.45, 2.75) is 6.61 Å². The van der Waals surface area contributed by atoms with E-state index in [-0.39, 0.29) is 0 Å². The van der Waals surface area contributed by atoms with Crippen molar-refractivity contribution >= 4 is 34.3 Å². The summed E-state index contributed by atoms with van der Waals surface area (Å²) >= 11 is 7.69. The molecule has 0 aliphatic rings. The molecule has 0 unspecified atom stereocenters. The van der Waals surface area contributed by atoms with Crippen LogP contribution < -0.4 is 10.2 Å². The highest BCUT2D eigenvalue weighted by molar-refractivity contribution is 7.14. The zero-order chi connectivity index (χ0) is 19.9. The molecule has 0 radical (unpaired) electrons. The van der Waals surface area contributed by atoms with Crippen molar-refractivity contribution in [1.82, 2.24) is 4.98 Å². The number of nitrogens with one attached hydrogen (secondary N) is 1. The predicted molar refractivity (Wildman–Crippen MR) is 121 cm³/mol. The highest BCUT2D eigenvalue weighted by Gasteiger charge is 2.03. The third-order valence-electron chi connectivity index (χ3n) is 4.16. The fourth-order valence-corrected chi connectivity index (χ4v) is 3.55. The second-order valence-corrected chi connectivity index (χ2v) is 7.49. The van der Waals surface area contributed by atoms with Crippen LogP contribution in [0.15, 0.2) is 89.3 Å². The van der Waals surface area contributed by atoms with Gasteiger partial charge in [-0.3, -0.25) is 5.43 Å².